The summed E-state index contributed by atoms with van der Waals surface area (Å²) in [7, 11) is 0. The summed E-state index contributed by atoms with van der Waals surface area (Å²) < 4.78 is 16.7. The number of hydrogen-bond acceptors (Lipinski definition) is 7. The van der Waals surface area contributed by atoms with Crippen molar-refractivity contribution in [2.24, 2.45) is 5.92 Å². The lowest BCUT2D eigenvalue weighted by Crippen LogP contribution is -2.31. The molecule has 0 amide bonds. The number of carbonyl (C=O) groups excluding carboxylic acids is 3. The molecule has 0 spiro atoms. The van der Waals surface area contributed by atoms with Crippen LogP contribution in [0.25, 0.3) is 0 Å². The molecule has 0 aromatic carbocycles. The first-order chi connectivity index (χ1) is 26.3. The molecule has 0 aromatic heterocycles. The maximum Gasteiger partial charge on any atom is 0.306 e. The number of hydrogen-bond donors (Lipinski definition) is 1. The number of aliphatic carboxylic acids is 1. The van der Waals surface area contributed by atoms with Gasteiger partial charge in [-0.1, -0.05) is 201 Å². The van der Waals surface area contributed by atoms with Gasteiger partial charge in [-0.2, -0.15) is 0 Å². The third kappa shape index (κ3) is 39.6. The molecular weight excluding hydrogens is 680 g/mol. The Balaban J connectivity index is 4.40. The fraction of sp³-hybridized carbons (Fsp3) is 0.913. The van der Waals surface area contributed by atoms with Crippen molar-refractivity contribution in [2.45, 2.75) is 252 Å². The highest BCUT2D eigenvalue weighted by molar-refractivity contribution is 5.71. The Hall–Kier alpha value is -2.12. The van der Waals surface area contributed by atoms with Crippen molar-refractivity contribution in [3.8, 4) is 0 Å². The van der Waals surface area contributed by atoms with Gasteiger partial charge in [-0.25, -0.2) is 0 Å². The molecule has 0 aliphatic heterocycles. The predicted octanol–water partition coefficient (Wildman–Crippen LogP) is 13.4. The number of carboxylic acids is 1. The average molecular weight is 767 g/mol. The SMILES string of the molecule is CCCCCCCCCCCCCCCC(=O)OCC(COC(=O)CCCCCCCCCCCCCCC)OC(=O)CC(C)CCCCCCC(=O)O. The molecule has 0 bridgehead atoms. The maximum atomic E-state index is 12.8. The minimum atomic E-state index is -0.827. The zero-order valence-corrected chi connectivity index (χ0v) is 35.6. The van der Waals surface area contributed by atoms with Gasteiger partial charge >= 0.3 is 23.9 Å². The van der Waals surface area contributed by atoms with Gasteiger partial charge in [0.2, 0.25) is 0 Å². The van der Waals surface area contributed by atoms with Gasteiger partial charge < -0.3 is 19.3 Å². The lowest BCUT2D eigenvalue weighted by atomic mass is 9.99. The van der Waals surface area contributed by atoms with E-state index in [0.29, 0.717) is 19.3 Å². The van der Waals surface area contributed by atoms with E-state index in [1.807, 2.05) is 6.92 Å². The third-order valence-electron chi connectivity index (χ3n) is 10.5. The number of unbranched alkanes of at least 4 members (excludes halogenated alkanes) is 27. The molecule has 0 radical (unpaired) electrons. The van der Waals surface area contributed by atoms with E-state index in [0.717, 1.165) is 64.2 Å². The molecule has 0 aliphatic rings. The van der Waals surface area contributed by atoms with E-state index in [1.165, 1.54) is 128 Å². The summed E-state index contributed by atoms with van der Waals surface area (Å²) in [6.45, 7) is 6.27. The first-order valence-electron chi connectivity index (χ1n) is 23.0. The van der Waals surface area contributed by atoms with E-state index in [9.17, 15) is 19.2 Å². The van der Waals surface area contributed by atoms with Crippen molar-refractivity contribution < 1.29 is 38.5 Å². The summed E-state index contributed by atoms with van der Waals surface area (Å²) in [6, 6.07) is 0. The summed E-state index contributed by atoms with van der Waals surface area (Å²) in [5.74, 6) is -1.68. The van der Waals surface area contributed by atoms with Crippen LogP contribution in [0.15, 0.2) is 0 Å². The number of rotatable bonds is 42. The summed E-state index contributed by atoms with van der Waals surface area (Å²) in [5.41, 5.74) is 0. The van der Waals surface area contributed by atoms with Crippen LogP contribution in [0.2, 0.25) is 0 Å². The largest absolute Gasteiger partial charge is 0.481 e. The maximum absolute atomic E-state index is 12.8. The molecule has 1 unspecified atom stereocenters. The summed E-state index contributed by atoms with van der Waals surface area (Å²) in [5, 5.41) is 8.79. The fourth-order valence-corrected chi connectivity index (χ4v) is 6.95. The van der Waals surface area contributed by atoms with Crippen LogP contribution in [0, 0.1) is 5.92 Å². The fourth-order valence-electron chi connectivity index (χ4n) is 6.95. The van der Waals surface area contributed by atoms with Crippen LogP contribution in [0.4, 0.5) is 0 Å². The molecule has 0 saturated carbocycles. The zero-order valence-electron chi connectivity index (χ0n) is 35.6. The number of carboxylic acid groups (broad SMARTS) is 1. The first kappa shape index (κ1) is 51.9. The smallest absolute Gasteiger partial charge is 0.306 e. The van der Waals surface area contributed by atoms with E-state index in [-0.39, 0.29) is 43.9 Å². The van der Waals surface area contributed by atoms with Gasteiger partial charge in [-0.05, 0) is 25.2 Å². The van der Waals surface area contributed by atoms with Crippen LogP contribution in [-0.2, 0) is 33.4 Å². The molecule has 0 rings (SSSR count). The normalized spacial score (nSPS) is 11.9. The monoisotopic (exact) mass is 767 g/mol. The Kier molecular flexibility index (Phi) is 38.9. The second-order valence-corrected chi connectivity index (χ2v) is 16.1. The summed E-state index contributed by atoms with van der Waals surface area (Å²) in [4.78, 5) is 48.6. The lowest BCUT2D eigenvalue weighted by molar-refractivity contribution is -0.167. The molecular formula is C46H86O8. The van der Waals surface area contributed by atoms with E-state index >= 15 is 0 Å². The van der Waals surface area contributed by atoms with Gasteiger partial charge in [0.05, 0.1) is 0 Å². The van der Waals surface area contributed by atoms with Crippen LogP contribution in [-0.4, -0.2) is 48.3 Å². The quantitative estimate of drug-likeness (QED) is 0.0371. The Morgan fingerprint density at radius 1 is 0.426 bits per heavy atom. The van der Waals surface area contributed by atoms with Gasteiger partial charge in [0.1, 0.15) is 13.2 Å². The van der Waals surface area contributed by atoms with Gasteiger partial charge in [0, 0.05) is 25.7 Å². The number of esters is 3. The second kappa shape index (κ2) is 40.5. The van der Waals surface area contributed by atoms with Gasteiger partial charge in [-0.15, -0.1) is 0 Å². The first-order valence-corrected chi connectivity index (χ1v) is 23.0. The van der Waals surface area contributed by atoms with Crippen LogP contribution in [0.5, 0.6) is 0 Å². The van der Waals surface area contributed by atoms with Crippen molar-refractivity contribution in [1.29, 1.82) is 0 Å². The van der Waals surface area contributed by atoms with Crippen LogP contribution >= 0.6 is 0 Å². The molecule has 54 heavy (non-hydrogen) atoms. The number of carbonyl (C=O) groups is 4. The minimum Gasteiger partial charge on any atom is -0.481 e. The standard InChI is InChI=1S/C46H86O8/c1-4-6-8-10-12-14-16-18-20-22-24-26-32-36-44(49)52-39-42(54-46(51)38-41(3)34-30-28-29-31-35-43(47)48)40-53-45(50)37-33-27-25-23-21-19-17-15-13-11-9-7-5-2/h41-42H,4-40H2,1-3H3,(H,47,48). The molecule has 0 heterocycles. The topological polar surface area (TPSA) is 116 Å². The average Bonchev–Trinajstić information content (AvgIpc) is 3.14. The van der Waals surface area contributed by atoms with Crippen LogP contribution in [0.1, 0.15) is 245 Å². The molecule has 8 heteroatoms. The molecule has 0 aromatic rings. The minimum absolute atomic E-state index is 0.105. The zero-order chi connectivity index (χ0) is 39.7. The van der Waals surface area contributed by atoms with Crippen molar-refractivity contribution in [3.63, 3.8) is 0 Å². The van der Waals surface area contributed by atoms with Crippen molar-refractivity contribution in [1.82, 2.24) is 0 Å². The third-order valence-corrected chi connectivity index (χ3v) is 10.5. The molecule has 0 fully saturated rings. The van der Waals surface area contributed by atoms with Crippen LogP contribution < -0.4 is 0 Å². The van der Waals surface area contributed by atoms with Crippen molar-refractivity contribution >= 4 is 23.9 Å². The summed E-state index contributed by atoms with van der Waals surface area (Å²) >= 11 is 0. The van der Waals surface area contributed by atoms with E-state index < -0.39 is 18.0 Å². The van der Waals surface area contributed by atoms with Gasteiger partial charge in [-0.3, -0.25) is 19.2 Å². The van der Waals surface area contributed by atoms with Crippen molar-refractivity contribution in [3.05, 3.63) is 0 Å². The highest BCUT2D eigenvalue weighted by atomic mass is 16.6. The lowest BCUT2D eigenvalue weighted by Gasteiger charge is -2.19. The van der Waals surface area contributed by atoms with Gasteiger partial charge in [0.15, 0.2) is 6.10 Å². The van der Waals surface area contributed by atoms with E-state index in [4.69, 9.17) is 19.3 Å². The predicted molar refractivity (Wildman–Crippen MR) is 222 cm³/mol. The molecule has 318 valence electrons. The number of ether oxygens (including phenoxy) is 3. The highest BCUT2D eigenvalue weighted by Gasteiger charge is 2.21. The Labute approximate surface area is 332 Å². The molecule has 0 saturated heterocycles. The van der Waals surface area contributed by atoms with E-state index in [1.54, 1.807) is 0 Å². The molecule has 1 atom stereocenters. The molecule has 0 aliphatic carbocycles. The Bertz CT molecular complexity index is 829. The Morgan fingerprint density at radius 2 is 0.741 bits per heavy atom. The Morgan fingerprint density at radius 3 is 1.09 bits per heavy atom. The van der Waals surface area contributed by atoms with Gasteiger partial charge in [0.25, 0.3) is 0 Å². The highest BCUT2D eigenvalue weighted by Crippen LogP contribution is 2.17. The van der Waals surface area contributed by atoms with Crippen molar-refractivity contribution in [2.75, 3.05) is 13.2 Å². The molecule has 1 N–H and O–H groups in total. The van der Waals surface area contributed by atoms with Crippen LogP contribution in [0.3, 0.4) is 0 Å². The second-order valence-electron chi connectivity index (χ2n) is 16.1. The molecule has 8 nitrogen and oxygen atoms in total. The summed E-state index contributed by atoms with van der Waals surface area (Å²) in [6.07, 6.45) is 36.7. The van der Waals surface area contributed by atoms with E-state index in [2.05, 4.69) is 13.8 Å².